The predicted molar refractivity (Wildman–Crippen MR) is 97.5 cm³/mol. The number of thiophene rings is 1. The molecule has 1 unspecified atom stereocenters. The minimum absolute atomic E-state index is 0.455. The van der Waals surface area contributed by atoms with E-state index in [-0.39, 0.29) is 0 Å². The summed E-state index contributed by atoms with van der Waals surface area (Å²) >= 11 is 1.74. The minimum Gasteiger partial charge on any atom is -0.381 e. The highest BCUT2D eigenvalue weighted by molar-refractivity contribution is 7.18. The number of nitrogens with one attached hydrogen (secondary N) is 1. The first kappa shape index (κ1) is 14.5. The summed E-state index contributed by atoms with van der Waals surface area (Å²) < 4.78 is 0. The Labute approximate surface area is 140 Å². The van der Waals surface area contributed by atoms with Crippen molar-refractivity contribution in [2.45, 2.75) is 25.8 Å². The SMILES string of the molecule is Cc1cc2c(N3CCCC(Nc4ccccc4)C3)ncnc2s1. The highest BCUT2D eigenvalue weighted by Crippen LogP contribution is 2.31. The van der Waals surface area contributed by atoms with E-state index in [9.17, 15) is 0 Å². The molecule has 4 rings (SSSR count). The van der Waals surface area contributed by atoms with Crippen molar-refractivity contribution in [2.24, 2.45) is 0 Å². The number of hydrogen-bond donors (Lipinski definition) is 1. The molecule has 1 aromatic carbocycles. The molecule has 1 fully saturated rings. The minimum atomic E-state index is 0.455. The number of fused-ring (bicyclic) bond motifs is 1. The van der Waals surface area contributed by atoms with Gasteiger partial charge in [0.25, 0.3) is 0 Å². The molecule has 1 saturated heterocycles. The van der Waals surface area contributed by atoms with E-state index in [2.05, 4.69) is 63.5 Å². The van der Waals surface area contributed by atoms with Crippen molar-refractivity contribution >= 4 is 33.1 Å². The molecule has 118 valence electrons. The first-order valence-electron chi connectivity index (χ1n) is 8.07. The van der Waals surface area contributed by atoms with E-state index in [1.807, 2.05) is 0 Å². The van der Waals surface area contributed by atoms with Crippen LogP contribution in [0.1, 0.15) is 17.7 Å². The van der Waals surface area contributed by atoms with Crippen molar-refractivity contribution in [3.63, 3.8) is 0 Å². The lowest BCUT2D eigenvalue weighted by Crippen LogP contribution is -2.42. The predicted octanol–water partition coefficient (Wildman–Crippen LogP) is 4.08. The average Bonchev–Trinajstić information content (AvgIpc) is 2.96. The standard InChI is InChI=1S/C18H20N4S/c1-13-10-16-17(19-12-20-18(16)23-13)22-9-5-8-15(11-22)21-14-6-3-2-4-7-14/h2-4,6-7,10,12,15,21H,5,8-9,11H2,1H3. The smallest absolute Gasteiger partial charge is 0.140 e. The Balaban J connectivity index is 1.56. The zero-order valence-electron chi connectivity index (χ0n) is 13.2. The first-order chi connectivity index (χ1) is 11.3. The number of benzene rings is 1. The zero-order valence-corrected chi connectivity index (χ0v) is 14.0. The molecule has 5 heteroatoms. The van der Waals surface area contributed by atoms with Gasteiger partial charge in [0.1, 0.15) is 17.0 Å². The Bertz CT molecular complexity index is 799. The van der Waals surface area contributed by atoms with Crippen LogP contribution in [0.3, 0.4) is 0 Å². The van der Waals surface area contributed by atoms with Crippen LogP contribution in [0, 0.1) is 6.92 Å². The number of aromatic nitrogens is 2. The second-order valence-corrected chi connectivity index (χ2v) is 7.30. The number of rotatable bonds is 3. The van der Waals surface area contributed by atoms with Gasteiger partial charge in [0, 0.05) is 29.7 Å². The third-order valence-corrected chi connectivity index (χ3v) is 5.26. The summed E-state index contributed by atoms with van der Waals surface area (Å²) in [6, 6.07) is 13.1. The molecule has 1 aliphatic heterocycles. The summed E-state index contributed by atoms with van der Waals surface area (Å²) in [5.41, 5.74) is 1.19. The molecule has 0 bridgehead atoms. The van der Waals surface area contributed by atoms with Gasteiger partial charge in [-0.1, -0.05) is 18.2 Å². The fourth-order valence-electron chi connectivity index (χ4n) is 3.27. The van der Waals surface area contributed by atoms with Crippen molar-refractivity contribution in [1.29, 1.82) is 0 Å². The molecule has 1 N–H and O–H groups in total. The third kappa shape index (κ3) is 3.01. The van der Waals surface area contributed by atoms with Gasteiger partial charge in [-0.25, -0.2) is 9.97 Å². The van der Waals surface area contributed by atoms with Crippen molar-refractivity contribution in [1.82, 2.24) is 9.97 Å². The molecule has 3 aromatic rings. The van der Waals surface area contributed by atoms with E-state index in [4.69, 9.17) is 0 Å². The highest BCUT2D eigenvalue weighted by atomic mass is 32.1. The van der Waals surface area contributed by atoms with Gasteiger partial charge in [0.2, 0.25) is 0 Å². The lowest BCUT2D eigenvalue weighted by atomic mass is 10.0. The van der Waals surface area contributed by atoms with E-state index in [1.165, 1.54) is 28.8 Å². The molecular formula is C18H20N4S. The Kier molecular flexibility index (Phi) is 3.87. The van der Waals surface area contributed by atoms with Crippen LogP contribution in [-0.2, 0) is 0 Å². The molecule has 1 aliphatic rings. The van der Waals surface area contributed by atoms with Gasteiger partial charge in [-0.3, -0.25) is 0 Å². The molecule has 1 atom stereocenters. The van der Waals surface area contributed by atoms with Crippen molar-refractivity contribution in [3.05, 3.63) is 47.6 Å². The van der Waals surface area contributed by atoms with Crippen LogP contribution >= 0.6 is 11.3 Å². The van der Waals surface area contributed by atoms with Crippen LogP contribution in [-0.4, -0.2) is 29.1 Å². The number of aryl methyl sites for hydroxylation is 1. The van der Waals surface area contributed by atoms with Gasteiger partial charge in [-0.2, -0.15) is 0 Å². The molecule has 0 saturated carbocycles. The van der Waals surface area contributed by atoms with Crippen molar-refractivity contribution < 1.29 is 0 Å². The summed E-state index contributed by atoms with van der Waals surface area (Å²) in [4.78, 5) is 13.8. The van der Waals surface area contributed by atoms with E-state index in [1.54, 1.807) is 17.7 Å². The van der Waals surface area contributed by atoms with Gasteiger partial charge in [-0.05, 0) is 38.0 Å². The topological polar surface area (TPSA) is 41.0 Å². The molecule has 2 aromatic heterocycles. The number of anilines is 2. The normalized spacial score (nSPS) is 18.3. The molecule has 0 radical (unpaired) electrons. The Morgan fingerprint density at radius 1 is 1.22 bits per heavy atom. The molecule has 3 heterocycles. The second-order valence-electron chi connectivity index (χ2n) is 6.07. The summed E-state index contributed by atoms with van der Waals surface area (Å²) in [5, 5.41) is 4.84. The first-order valence-corrected chi connectivity index (χ1v) is 8.89. The van der Waals surface area contributed by atoms with Crippen LogP contribution in [0.15, 0.2) is 42.7 Å². The van der Waals surface area contributed by atoms with Gasteiger partial charge in [-0.15, -0.1) is 11.3 Å². The molecule has 23 heavy (non-hydrogen) atoms. The van der Waals surface area contributed by atoms with Gasteiger partial charge in [0.05, 0.1) is 5.39 Å². The third-order valence-electron chi connectivity index (χ3n) is 4.30. The number of hydrogen-bond acceptors (Lipinski definition) is 5. The second kappa shape index (κ2) is 6.16. The summed E-state index contributed by atoms with van der Waals surface area (Å²) in [7, 11) is 0. The number of piperidine rings is 1. The highest BCUT2D eigenvalue weighted by Gasteiger charge is 2.22. The van der Waals surface area contributed by atoms with E-state index < -0.39 is 0 Å². The largest absolute Gasteiger partial charge is 0.381 e. The quantitative estimate of drug-likeness (QED) is 0.788. The molecule has 0 amide bonds. The van der Waals surface area contributed by atoms with Gasteiger partial charge < -0.3 is 10.2 Å². The molecule has 0 aliphatic carbocycles. The maximum atomic E-state index is 4.58. The lowest BCUT2D eigenvalue weighted by molar-refractivity contribution is 0.528. The van der Waals surface area contributed by atoms with Crippen molar-refractivity contribution in [2.75, 3.05) is 23.3 Å². The monoisotopic (exact) mass is 324 g/mol. The van der Waals surface area contributed by atoms with Crippen LogP contribution in [0.4, 0.5) is 11.5 Å². The number of para-hydroxylation sites is 1. The average molecular weight is 324 g/mol. The van der Waals surface area contributed by atoms with Gasteiger partial charge >= 0.3 is 0 Å². The fourth-order valence-corrected chi connectivity index (χ4v) is 4.11. The van der Waals surface area contributed by atoms with E-state index in [0.717, 1.165) is 23.7 Å². The molecule has 4 nitrogen and oxygen atoms in total. The van der Waals surface area contributed by atoms with Crippen LogP contribution in [0.5, 0.6) is 0 Å². The molecule has 0 spiro atoms. The van der Waals surface area contributed by atoms with Crippen LogP contribution in [0.2, 0.25) is 0 Å². The van der Waals surface area contributed by atoms with Crippen LogP contribution < -0.4 is 10.2 Å². The van der Waals surface area contributed by atoms with Crippen LogP contribution in [0.25, 0.3) is 10.2 Å². The van der Waals surface area contributed by atoms with E-state index >= 15 is 0 Å². The summed E-state index contributed by atoms with van der Waals surface area (Å²) in [6.45, 7) is 4.18. The lowest BCUT2D eigenvalue weighted by Gasteiger charge is -2.34. The zero-order chi connectivity index (χ0) is 15.6. The van der Waals surface area contributed by atoms with Gasteiger partial charge in [0.15, 0.2) is 0 Å². The fraction of sp³-hybridized carbons (Fsp3) is 0.333. The molecular weight excluding hydrogens is 304 g/mol. The Morgan fingerprint density at radius 3 is 2.96 bits per heavy atom. The summed E-state index contributed by atoms with van der Waals surface area (Å²) in [6.07, 6.45) is 4.07. The van der Waals surface area contributed by atoms with E-state index in [0.29, 0.717) is 6.04 Å². The summed E-state index contributed by atoms with van der Waals surface area (Å²) in [5.74, 6) is 1.08. The maximum absolute atomic E-state index is 4.58. The van der Waals surface area contributed by atoms with Crippen molar-refractivity contribution in [3.8, 4) is 0 Å². The number of nitrogens with zero attached hydrogens (tertiary/aromatic N) is 3. The Morgan fingerprint density at radius 2 is 2.09 bits per heavy atom. The Hall–Kier alpha value is -2.14. The maximum Gasteiger partial charge on any atom is 0.140 e.